The zero-order valence-corrected chi connectivity index (χ0v) is 15.4. The molecule has 134 valence electrons. The average Bonchev–Trinajstić information content (AvgIpc) is 3.23. The number of fused-ring (bicyclic) bond motifs is 1. The molecule has 6 heteroatoms. The van der Waals surface area contributed by atoms with Gasteiger partial charge in [-0.3, -0.25) is 10.1 Å². The van der Waals surface area contributed by atoms with Crippen molar-refractivity contribution >= 4 is 15.9 Å². The number of nitrogens with zero attached hydrogens (tertiary/aromatic N) is 1. The summed E-state index contributed by atoms with van der Waals surface area (Å²) in [5, 5.41) is 3.19. The number of hydrogen-bond acceptors (Lipinski definition) is 4. The highest BCUT2D eigenvalue weighted by atomic mass is 32.2. The van der Waals surface area contributed by atoms with Crippen LogP contribution in [-0.4, -0.2) is 36.5 Å². The first-order valence-electron chi connectivity index (χ1n) is 9.15. The molecule has 2 aliphatic carbocycles. The quantitative estimate of drug-likeness (QED) is 0.819. The SMILES string of the molecule is CC1(C)[C@H]2CC[C@@]13CS(=O)(=O)N(C(=O)[C@H]1N[C@H]1c1ccccc1)[C@H]3C2. The van der Waals surface area contributed by atoms with E-state index < -0.39 is 16.1 Å². The van der Waals surface area contributed by atoms with Crippen LogP contribution in [0.5, 0.6) is 0 Å². The van der Waals surface area contributed by atoms with Gasteiger partial charge in [-0.1, -0.05) is 44.2 Å². The predicted octanol–water partition coefficient (Wildman–Crippen LogP) is 2.07. The molecule has 0 unspecified atom stereocenters. The van der Waals surface area contributed by atoms with Crippen molar-refractivity contribution in [2.24, 2.45) is 16.7 Å². The van der Waals surface area contributed by atoms with Crippen LogP contribution in [0, 0.1) is 16.7 Å². The monoisotopic (exact) mass is 360 g/mol. The van der Waals surface area contributed by atoms with Crippen LogP contribution in [0.2, 0.25) is 0 Å². The summed E-state index contributed by atoms with van der Waals surface area (Å²) in [5.41, 5.74) is 0.791. The van der Waals surface area contributed by atoms with E-state index >= 15 is 0 Å². The van der Waals surface area contributed by atoms with E-state index in [0.717, 1.165) is 24.8 Å². The van der Waals surface area contributed by atoms with Crippen LogP contribution in [0.4, 0.5) is 0 Å². The topological polar surface area (TPSA) is 76.4 Å². The Bertz CT molecular complexity index is 851. The summed E-state index contributed by atoms with van der Waals surface area (Å²) >= 11 is 0. The van der Waals surface area contributed by atoms with Crippen LogP contribution in [-0.2, 0) is 14.8 Å². The Morgan fingerprint density at radius 2 is 1.96 bits per heavy atom. The summed E-state index contributed by atoms with van der Waals surface area (Å²) in [5.74, 6) is 0.419. The van der Waals surface area contributed by atoms with Crippen molar-refractivity contribution in [3.8, 4) is 0 Å². The first-order chi connectivity index (χ1) is 11.8. The lowest BCUT2D eigenvalue weighted by Gasteiger charge is -2.37. The Hall–Kier alpha value is -1.40. The first kappa shape index (κ1) is 15.8. The summed E-state index contributed by atoms with van der Waals surface area (Å²) in [6, 6.07) is 9.17. The van der Waals surface area contributed by atoms with Gasteiger partial charge < -0.3 is 0 Å². The smallest absolute Gasteiger partial charge is 0.255 e. The third-order valence-electron chi connectivity index (χ3n) is 7.64. The molecule has 5 atom stereocenters. The molecule has 2 heterocycles. The maximum absolute atomic E-state index is 13.1. The Kier molecular flexibility index (Phi) is 2.95. The highest BCUT2D eigenvalue weighted by Crippen LogP contribution is 2.70. The van der Waals surface area contributed by atoms with Crippen molar-refractivity contribution in [1.82, 2.24) is 9.62 Å². The van der Waals surface area contributed by atoms with Gasteiger partial charge in [0.15, 0.2) is 0 Å². The molecule has 4 aliphatic rings. The van der Waals surface area contributed by atoms with E-state index in [9.17, 15) is 13.2 Å². The summed E-state index contributed by atoms with van der Waals surface area (Å²) in [6.45, 7) is 4.41. The number of nitrogens with one attached hydrogen (secondary N) is 1. The van der Waals surface area contributed by atoms with Crippen molar-refractivity contribution in [2.45, 2.75) is 51.2 Å². The van der Waals surface area contributed by atoms with Crippen LogP contribution in [0.3, 0.4) is 0 Å². The van der Waals surface area contributed by atoms with E-state index in [-0.39, 0.29) is 34.6 Å². The van der Waals surface area contributed by atoms with Crippen molar-refractivity contribution in [2.75, 3.05) is 5.75 Å². The van der Waals surface area contributed by atoms with Gasteiger partial charge in [0.2, 0.25) is 10.0 Å². The molecule has 1 N–H and O–H groups in total. The normalized spacial score (nSPS) is 42.4. The summed E-state index contributed by atoms with van der Waals surface area (Å²) in [4.78, 5) is 13.1. The minimum absolute atomic E-state index is 0.00439. The van der Waals surface area contributed by atoms with Gasteiger partial charge in [-0.05, 0) is 36.2 Å². The number of amides is 1. The molecule has 1 aromatic carbocycles. The van der Waals surface area contributed by atoms with Crippen molar-refractivity contribution in [3.05, 3.63) is 35.9 Å². The van der Waals surface area contributed by atoms with Crippen LogP contribution in [0.25, 0.3) is 0 Å². The second kappa shape index (κ2) is 4.65. The Balaban J connectivity index is 1.46. The molecule has 5 nitrogen and oxygen atoms in total. The molecule has 2 saturated heterocycles. The largest absolute Gasteiger partial charge is 0.295 e. The molecule has 0 radical (unpaired) electrons. The van der Waals surface area contributed by atoms with Gasteiger partial charge in [-0.15, -0.1) is 0 Å². The number of hydrogen-bond donors (Lipinski definition) is 1. The molecule has 2 aliphatic heterocycles. The second-order valence-electron chi connectivity index (χ2n) is 8.79. The van der Waals surface area contributed by atoms with E-state index in [1.165, 1.54) is 4.31 Å². The summed E-state index contributed by atoms with van der Waals surface area (Å²) in [7, 11) is -3.53. The molecule has 2 saturated carbocycles. The highest BCUT2D eigenvalue weighted by molar-refractivity contribution is 7.90. The third-order valence-corrected chi connectivity index (χ3v) is 9.55. The lowest BCUT2D eigenvalue weighted by molar-refractivity contribution is -0.128. The molecule has 25 heavy (non-hydrogen) atoms. The lowest BCUT2D eigenvalue weighted by atomic mass is 9.69. The van der Waals surface area contributed by atoms with Gasteiger partial charge in [0, 0.05) is 5.41 Å². The average molecular weight is 360 g/mol. The summed E-state index contributed by atoms with van der Waals surface area (Å²) in [6.07, 6.45) is 2.86. The molecule has 1 aromatic rings. The van der Waals surface area contributed by atoms with Gasteiger partial charge >= 0.3 is 0 Å². The van der Waals surface area contributed by atoms with Crippen molar-refractivity contribution < 1.29 is 13.2 Å². The number of rotatable bonds is 2. The predicted molar refractivity (Wildman–Crippen MR) is 94.1 cm³/mol. The van der Waals surface area contributed by atoms with Crippen LogP contribution < -0.4 is 5.32 Å². The molecule has 5 rings (SSSR count). The molecule has 0 aromatic heterocycles. The van der Waals surface area contributed by atoms with Crippen molar-refractivity contribution in [3.63, 3.8) is 0 Å². The number of carbonyl (C=O) groups excluding carboxylic acids is 1. The first-order valence-corrected chi connectivity index (χ1v) is 10.8. The molecule has 4 fully saturated rings. The Morgan fingerprint density at radius 1 is 1.24 bits per heavy atom. The molecule has 2 bridgehead atoms. The maximum atomic E-state index is 13.1. The van der Waals surface area contributed by atoms with E-state index in [1.807, 2.05) is 30.3 Å². The van der Waals surface area contributed by atoms with Gasteiger partial charge in [0.05, 0.1) is 17.8 Å². The lowest BCUT2D eigenvalue weighted by Crippen LogP contribution is -2.46. The highest BCUT2D eigenvalue weighted by Gasteiger charge is 2.73. The van der Waals surface area contributed by atoms with Crippen LogP contribution >= 0.6 is 0 Å². The standard InChI is InChI=1S/C19H24N2O3S/c1-18(2)13-8-9-19(18)11-25(23,24)21(14(19)10-13)17(22)16-15(20-16)12-6-4-3-5-7-12/h3-7,13-16,20H,8-11H2,1-2H3/t13-,14-,15-,16-,19-/m0/s1. The minimum Gasteiger partial charge on any atom is -0.295 e. The van der Waals surface area contributed by atoms with Gasteiger partial charge in [-0.2, -0.15) is 0 Å². The van der Waals surface area contributed by atoms with E-state index in [2.05, 4.69) is 19.2 Å². The summed E-state index contributed by atoms with van der Waals surface area (Å²) < 4.78 is 27.2. The van der Waals surface area contributed by atoms with Crippen LogP contribution in [0.15, 0.2) is 30.3 Å². The molecule has 1 amide bonds. The van der Waals surface area contributed by atoms with Crippen LogP contribution in [0.1, 0.15) is 44.7 Å². The molecular weight excluding hydrogens is 336 g/mol. The molecular formula is C19H24N2O3S. The third kappa shape index (κ3) is 1.87. The zero-order valence-electron chi connectivity index (χ0n) is 14.6. The second-order valence-corrected chi connectivity index (χ2v) is 10.6. The Labute approximate surface area is 148 Å². The fourth-order valence-corrected chi connectivity index (χ4v) is 8.58. The number of benzene rings is 1. The van der Waals surface area contributed by atoms with E-state index in [4.69, 9.17) is 0 Å². The van der Waals surface area contributed by atoms with Gasteiger partial charge in [-0.25, -0.2) is 12.7 Å². The van der Waals surface area contributed by atoms with E-state index in [1.54, 1.807) is 0 Å². The Morgan fingerprint density at radius 3 is 2.64 bits per heavy atom. The number of sulfonamides is 1. The van der Waals surface area contributed by atoms with E-state index in [0.29, 0.717) is 5.92 Å². The van der Waals surface area contributed by atoms with Gasteiger partial charge in [0.25, 0.3) is 5.91 Å². The minimum atomic E-state index is -3.53. The number of carbonyl (C=O) groups is 1. The van der Waals surface area contributed by atoms with Crippen molar-refractivity contribution in [1.29, 1.82) is 0 Å². The fraction of sp³-hybridized carbons (Fsp3) is 0.632. The molecule has 1 spiro atoms. The maximum Gasteiger partial charge on any atom is 0.255 e. The fourth-order valence-electron chi connectivity index (χ4n) is 6.02. The zero-order chi connectivity index (χ0) is 17.6. The van der Waals surface area contributed by atoms with Gasteiger partial charge in [0.1, 0.15) is 6.04 Å².